The zero-order valence-corrected chi connectivity index (χ0v) is 11.9. The van der Waals surface area contributed by atoms with Crippen LogP contribution in [-0.2, 0) is 11.8 Å². The molecular formula is C15H16N4O2. The minimum atomic E-state index is -0.335. The van der Waals surface area contributed by atoms with Crippen LogP contribution in [0.4, 0.5) is 5.69 Å². The number of aromatic amines is 1. The summed E-state index contributed by atoms with van der Waals surface area (Å²) in [5.74, 6) is 0.379. The minimum absolute atomic E-state index is 0.335. The number of benzene rings is 1. The zero-order valence-electron chi connectivity index (χ0n) is 11.9. The Bertz CT molecular complexity index is 816. The van der Waals surface area contributed by atoms with Crippen LogP contribution in [0.3, 0.4) is 0 Å². The van der Waals surface area contributed by atoms with Crippen LogP contribution < -0.4 is 5.73 Å². The number of nitrogens with one attached hydrogen (secondary N) is 1. The normalized spacial score (nSPS) is 11.0. The lowest BCUT2D eigenvalue weighted by molar-refractivity contribution is 0.0526. The third kappa shape index (κ3) is 2.35. The number of anilines is 1. The lowest BCUT2D eigenvalue weighted by atomic mass is 10.2. The van der Waals surface area contributed by atoms with Gasteiger partial charge in [0.1, 0.15) is 0 Å². The molecule has 0 bridgehead atoms. The van der Waals surface area contributed by atoms with Crippen molar-refractivity contribution in [1.29, 1.82) is 0 Å². The number of aromatic nitrogens is 3. The third-order valence-electron chi connectivity index (χ3n) is 3.26. The topological polar surface area (TPSA) is 85.9 Å². The predicted octanol–water partition coefficient (Wildman–Crippen LogP) is 2.33. The smallest absolute Gasteiger partial charge is 0.338 e. The van der Waals surface area contributed by atoms with E-state index in [1.807, 2.05) is 23.9 Å². The number of hydrogen-bond donors (Lipinski definition) is 2. The second-order valence-electron chi connectivity index (χ2n) is 4.81. The van der Waals surface area contributed by atoms with Crippen LogP contribution >= 0.6 is 0 Å². The van der Waals surface area contributed by atoms with Gasteiger partial charge in [0.2, 0.25) is 0 Å². The summed E-state index contributed by atoms with van der Waals surface area (Å²) < 4.78 is 6.90. The second kappa shape index (κ2) is 4.97. The summed E-state index contributed by atoms with van der Waals surface area (Å²) >= 11 is 0. The number of fused-ring (bicyclic) bond motifs is 1. The van der Waals surface area contributed by atoms with Crippen molar-refractivity contribution in [2.45, 2.75) is 6.92 Å². The van der Waals surface area contributed by atoms with E-state index in [1.54, 1.807) is 25.1 Å². The lowest BCUT2D eigenvalue weighted by Crippen LogP contribution is -2.04. The van der Waals surface area contributed by atoms with E-state index in [2.05, 4.69) is 9.97 Å². The number of ether oxygens (including phenoxy) is 1. The zero-order chi connectivity index (χ0) is 15.0. The molecule has 108 valence electrons. The number of carbonyl (C=O) groups is 1. The summed E-state index contributed by atoms with van der Waals surface area (Å²) in [7, 11) is 1.91. The number of aryl methyl sites for hydroxylation is 1. The molecule has 0 aliphatic heterocycles. The maximum Gasteiger partial charge on any atom is 0.338 e. The van der Waals surface area contributed by atoms with Gasteiger partial charge in [-0.25, -0.2) is 9.78 Å². The summed E-state index contributed by atoms with van der Waals surface area (Å²) in [6.45, 7) is 2.14. The maximum absolute atomic E-state index is 11.7. The third-order valence-corrected chi connectivity index (χ3v) is 3.26. The van der Waals surface area contributed by atoms with E-state index in [9.17, 15) is 4.79 Å². The molecule has 0 radical (unpaired) electrons. The number of rotatable bonds is 3. The van der Waals surface area contributed by atoms with Crippen molar-refractivity contribution in [1.82, 2.24) is 14.5 Å². The number of imidazole rings is 1. The molecule has 6 heteroatoms. The molecule has 3 N–H and O–H groups in total. The summed E-state index contributed by atoms with van der Waals surface area (Å²) in [5.41, 5.74) is 9.44. The van der Waals surface area contributed by atoms with E-state index in [0.29, 0.717) is 23.7 Å². The summed E-state index contributed by atoms with van der Waals surface area (Å²) in [6.07, 6.45) is 1.83. The van der Waals surface area contributed by atoms with Crippen LogP contribution in [0.25, 0.3) is 22.6 Å². The predicted molar refractivity (Wildman–Crippen MR) is 80.9 cm³/mol. The molecule has 21 heavy (non-hydrogen) atoms. The number of hydrogen-bond acceptors (Lipinski definition) is 4. The highest BCUT2D eigenvalue weighted by Gasteiger charge is 2.12. The van der Waals surface area contributed by atoms with Crippen molar-refractivity contribution < 1.29 is 9.53 Å². The Hall–Kier alpha value is -2.76. The molecule has 0 atom stereocenters. The first kappa shape index (κ1) is 13.2. The standard InChI is InChI=1S/C15H16N4O2/c1-3-21-15(20)9-4-5-11-12(6-9)18-14(17-11)13-7-10(16)8-19(13)2/h4-8H,3,16H2,1-2H3,(H,17,18). The van der Waals surface area contributed by atoms with Crippen molar-refractivity contribution in [3.05, 3.63) is 36.0 Å². The molecule has 2 aromatic heterocycles. The molecule has 0 fully saturated rings. The molecule has 0 saturated heterocycles. The van der Waals surface area contributed by atoms with Crippen molar-refractivity contribution in [3.8, 4) is 11.5 Å². The molecule has 0 amide bonds. The van der Waals surface area contributed by atoms with Gasteiger partial charge in [0.15, 0.2) is 5.82 Å². The van der Waals surface area contributed by atoms with Crippen LogP contribution in [0.15, 0.2) is 30.5 Å². The number of nitrogens with zero attached hydrogens (tertiary/aromatic N) is 2. The van der Waals surface area contributed by atoms with E-state index in [0.717, 1.165) is 16.7 Å². The molecule has 2 heterocycles. The maximum atomic E-state index is 11.7. The summed E-state index contributed by atoms with van der Waals surface area (Å²) in [5, 5.41) is 0. The van der Waals surface area contributed by atoms with E-state index < -0.39 is 0 Å². The molecule has 0 spiro atoms. The molecule has 3 aromatic rings. The molecule has 3 rings (SSSR count). The highest BCUT2D eigenvalue weighted by molar-refractivity contribution is 5.94. The van der Waals surface area contributed by atoms with Gasteiger partial charge < -0.3 is 20.0 Å². The Morgan fingerprint density at radius 3 is 2.90 bits per heavy atom. The molecule has 1 aromatic carbocycles. The van der Waals surface area contributed by atoms with Crippen molar-refractivity contribution in [2.75, 3.05) is 12.3 Å². The van der Waals surface area contributed by atoms with E-state index in [-0.39, 0.29) is 5.97 Å². The van der Waals surface area contributed by atoms with E-state index in [4.69, 9.17) is 10.5 Å². The number of nitrogen functional groups attached to an aromatic ring is 1. The van der Waals surface area contributed by atoms with Crippen molar-refractivity contribution in [3.63, 3.8) is 0 Å². The highest BCUT2D eigenvalue weighted by Crippen LogP contribution is 2.23. The fraction of sp³-hybridized carbons (Fsp3) is 0.200. The Morgan fingerprint density at radius 1 is 1.43 bits per heavy atom. The van der Waals surface area contributed by atoms with Crippen LogP contribution in [0, 0.1) is 0 Å². The Balaban J connectivity index is 2.04. The Kier molecular flexibility index (Phi) is 3.13. The van der Waals surface area contributed by atoms with Gasteiger partial charge in [-0.1, -0.05) is 0 Å². The largest absolute Gasteiger partial charge is 0.462 e. The van der Waals surface area contributed by atoms with Gasteiger partial charge in [0.25, 0.3) is 0 Å². The number of nitrogens with two attached hydrogens (primary N) is 1. The van der Waals surface area contributed by atoms with Crippen molar-refractivity contribution >= 4 is 22.7 Å². The van der Waals surface area contributed by atoms with Gasteiger partial charge in [0.05, 0.1) is 34.6 Å². The van der Waals surface area contributed by atoms with Crippen LogP contribution in [0.2, 0.25) is 0 Å². The molecular weight excluding hydrogens is 268 g/mol. The number of esters is 1. The first-order valence-corrected chi connectivity index (χ1v) is 6.67. The van der Waals surface area contributed by atoms with E-state index >= 15 is 0 Å². The first-order valence-electron chi connectivity index (χ1n) is 6.67. The van der Waals surface area contributed by atoms with E-state index in [1.165, 1.54) is 0 Å². The quantitative estimate of drug-likeness (QED) is 0.723. The van der Waals surface area contributed by atoms with Crippen LogP contribution in [0.5, 0.6) is 0 Å². The lowest BCUT2D eigenvalue weighted by Gasteiger charge is -2.00. The van der Waals surface area contributed by atoms with Gasteiger partial charge in [0, 0.05) is 13.2 Å². The van der Waals surface area contributed by atoms with Crippen LogP contribution in [-0.4, -0.2) is 27.1 Å². The fourth-order valence-electron chi connectivity index (χ4n) is 2.30. The second-order valence-corrected chi connectivity index (χ2v) is 4.81. The molecule has 0 aliphatic rings. The average Bonchev–Trinajstić information content (AvgIpc) is 3.00. The Morgan fingerprint density at radius 2 is 2.24 bits per heavy atom. The molecule has 0 unspecified atom stereocenters. The van der Waals surface area contributed by atoms with Gasteiger partial charge >= 0.3 is 5.97 Å². The molecule has 0 saturated carbocycles. The summed E-state index contributed by atoms with van der Waals surface area (Å²) in [6, 6.07) is 7.11. The van der Waals surface area contributed by atoms with Crippen molar-refractivity contribution in [2.24, 2.45) is 7.05 Å². The highest BCUT2D eigenvalue weighted by atomic mass is 16.5. The fourth-order valence-corrected chi connectivity index (χ4v) is 2.30. The van der Waals surface area contributed by atoms with Gasteiger partial charge in [-0.2, -0.15) is 0 Å². The number of carbonyl (C=O) groups excluding carboxylic acids is 1. The molecule has 6 nitrogen and oxygen atoms in total. The van der Waals surface area contributed by atoms with Gasteiger partial charge in [-0.15, -0.1) is 0 Å². The van der Waals surface area contributed by atoms with Crippen LogP contribution in [0.1, 0.15) is 17.3 Å². The minimum Gasteiger partial charge on any atom is -0.462 e. The first-order chi connectivity index (χ1) is 10.1. The van der Waals surface area contributed by atoms with Gasteiger partial charge in [-0.3, -0.25) is 0 Å². The monoisotopic (exact) mass is 284 g/mol. The molecule has 0 aliphatic carbocycles. The number of H-pyrrole nitrogens is 1. The SMILES string of the molecule is CCOC(=O)c1ccc2nc(-c3cc(N)cn3C)[nH]c2c1. The Labute approximate surface area is 121 Å². The summed E-state index contributed by atoms with van der Waals surface area (Å²) in [4.78, 5) is 19.5. The van der Waals surface area contributed by atoms with Gasteiger partial charge in [-0.05, 0) is 31.2 Å². The average molecular weight is 284 g/mol.